The fourth-order valence-corrected chi connectivity index (χ4v) is 3.10. The van der Waals surface area contributed by atoms with Gasteiger partial charge < -0.3 is 24.3 Å². The molecular weight excluding hydrogens is 330 g/mol. The van der Waals surface area contributed by atoms with Crippen LogP contribution in [0.2, 0.25) is 5.02 Å². The third-order valence-corrected chi connectivity index (χ3v) is 4.21. The Morgan fingerprint density at radius 2 is 1.83 bits per heavy atom. The van der Waals surface area contributed by atoms with E-state index in [1.165, 1.54) is 0 Å². The van der Waals surface area contributed by atoms with Crippen molar-refractivity contribution in [1.82, 2.24) is 5.32 Å². The maximum absolute atomic E-state index is 6.25. The Balaban J connectivity index is 1.34. The van der Waals surface area contributed by atoms with Crippen LogP contribution in [0.15, 0.2) is 36.4 Å². The van der Waals surface area contributed by atoms with Gasteiger partial charge in [-0.2, -0.15) is 0 Å². The molecule has 0 aromatic heterocycles. The second-order valence-corrected chi connectivity index (χ2v) is 6.14. The van der Waals surface area contributed by atoms with Crippen LogP contribution in [-0.4, -0.2) is 32.5 Å². The minimum atomic E-state index is -0.0208. The number of para-hydroxylation sites is 2. The maximum Gasteiger partial charge on any atom is 0.179 e. The zero-order valence-corrected chi connectivity index (χ0v) is 13.8. The number of fused-ring (bicyclic) bond motifs is 2. The molecule has 0 aliphatic carbocycles. The first kappa shape index (κ1) is 15.4. The molecule has 24 heavy (non-hydrogen) atoms. The Hall–Kier alpha value is -2.11. The average Bonchev–Trinajstić information content (AvgIpc) is 2.62. The van der Waals surface area contributed by atoms with E-state index in [4.69, 9.17) is 30.5 Å². The molecule has 4 rings (SSSR count). The van der Waals surface area contributed by atoms with Crippen molar-refractivity contribution in [2.45, 2.75) is 12.6 Å². The van der Waals surface area contributed by atoms with Gasteiger partial charge in [-0.1, -0.05) is 23.7 Å². The maximum atomic E-state index is 6.25. The highest BCUT2D eigenvalue weighted by atomic mass is 35.5. The molecule has 126 valence electrons. The van der Waals surface area contributed by atoms with E-state index < -0.39 is 0 Å². The molecule has 2 aliphatic heterocycles. The quantitative estimate of drug-likeness (QED) is 0.921. The lowest BCUT2D eigenvalue weighted by Crippen LogP contribution is -2.38. The number of hydrogen-bond donors (Lipinski definition) is 1. The topological polar surface area (TPSA) is 49.0 Å². The normalized spacial score (nSPS) is 18.3. The molecule has 2 aromatic carbocycles. The summed E-state index contributed by atoms with van der Waals surface area (Å²) in [5.41, 5.74) is 1.04. The minimum Gasteiger partial charge on any atom is -0.486 e. The van der Waals surface area contributed by atoms with E-state index in [1.807, 2.05) is 36.4 Å². The Morgan fingerprint density at radius 1 is 1.00 bits per heavy atom. The van der Waals surface area contributed by atoms with E-state index >= 15 is 0 Å². The molecule has 0 unspecified atom stereocenters. The molecule has 0 saturated carbocycles. The standard InChI is InChI=1S/C18H18ClNO4/c19-14-7-12(8-17-18(14)22-6-5-21-17)9-20-10-13-11-23-15-3-1-2-4-16(15)24-13/h1-4,7-8,13,20H,5-6,9-11H2/t13-/m0/s1. The molecule has 1 atom stereocenters. The monoisotopic (exact) mass is 347 g/mol. The lowest BCUT2D eigenvalue weighted by molar-refractivity contribution is 0.0902. The summed E-state index contributed by atoms with van der Waals surface area (Å²) in [6.45, 7) is 2.96. The van der Waals surface area contributed by atoms with Gasteiger partial charge in [0.15, 0.2) is 23.0 Å². The van der Waals surface area contributed by atoms with Crippen LogP contribution in [0.4, 0.5) is 0 Å². The van der Waals surface area contributed by atoms with Crippen LogP contribution < -0.4 is 24.3 Å². The zero-order chi connectivity index (χ0) is 16.4. The first-order valence-electron chi connectivity index (χ1n) is 7.97. The zero-order valence-electron chi connectivity index (χ0n) is 13.1. The summed E-state index contributed by atoms with van der Waals surface area (Å²) in [6.07, 6.45) is -0.0208. The van der Waals surface area contributed by atoms with E-state index in [-0.39, 0.29) is 6.10 Å². The summed E-state index contributed by atoms with van der Waals surface area (Å²) >= 11 is 6.25. The highest BCUT2D eigenvalue weighted by Gasteiger charge is 2.20. The fraction of sp³-hybridized carbons (Fsp3) is 0.333. The van der Waals surface area contributed by atoms with Gasteiger partial charge in [0.1, 0.15) is 25.9 Å². The number of benzene rings is 2. The molecule has 5 nitrogen and oxygen atoms in total. The van der Waals surface area contributed by atoms with Crippen LogP contribution in [0.1, 0.15) is 5.56 Å². The van der Waals surface area contributed by atoms with E-state index in [1.54, 1.807) is 0 Å². The molecule has 2 aliphatic rings. The Morgan fingerprint density at radius 3 is 2.75 bits per heavy atom. The van der Waals surface area contributed by atoms with Gasteiger partial charge in [0.25, 0.3) is 0 Å². The Kier molecular flexibility index (Phi) is 4.36. The van der Waals surface area contributed by atoms with Gasteiger partial charge >= 0.3 is 0 Å². The summed E-state index contributed by atoms with van der Waals surface area (Å²) in [5.74, 6) is 2.93. The predicted octanol–water partition coefficient (Wildman–Crippen LogP) is 3.04. The van der Waals surface area contributed by atoms with E-state index in [2.05, 4.69) is 5.32 Å². The van der Waals surface area contributed by atoms with Crippen LogP contribution in [-0.2, 0) is 6.54 Å². The van der Waals surface area contributed by atoms with E-state index in [0.29, 0.717) is 49.4 Å². The van der Waals surface area contributed by atoms with Crippen molar-refractivity contribution in [3.05, 3.63) is 47.0 Å². The van der Waals surface area contributed by atoms with Crippen LogP contribution in [0.5, 0.6) is 23.0 Å². The molecular formula is C18H18ClNO4. The number of halogens is 1. The fourth-order valence-electron chi connectivity index (χ4n) is 2.81. The van der Waals surface area contributed by atoms with Crippen LogP contribution in [0, 0.1) is 0 Å². The summed E-state index contributed by atoms with van der Waals surface area (Å²) in [6, 6.07) is 11.6. The molecule has 0 bridgehead atoms. The summed E-state index contributed by atoms with van der Waals surface area (Å²) in [7, 11) is 0. The molecule has 2 aromatic rings. The van der Waals surface area contributed by atoms with Crippen molar-refractivity contribution in [1.29, 1.82) is 0 Å². The second-order valence-electron chi connectivity index (χ2n) is 5.73. The van der Waals surface area contributed by atoms with Crippen molar-refractivity contribution in [3.63, 3.8) is 0 Å². The lowest BCUT2D eigenvalue weighted by atomic mass is 10.2. The number of rotatable bonds is 4. The Bertz CT molecular complexity index is 737. The molecule has 6 heteroatoms. The average molecular weight is 348 g/mol. The lowest BCUT2D eigenvalue weighted by Gasteiger charge is -2.26. The number of ether oxygens (including phenoxy) is 4. The SMILES string of the molecule is Clc1cc(CNC[C@H]2COc3ccccc3O2)cc2c1OCCO2. The van der Waals surface area contributed by atoms with Crippen LogP contribution >= 0.6 is 11.6 Å². The smallest absolute Gasteiger partial charge is 0.179 e. The summed E-state index contributed by atoms with van der Waals surface area (Å²) in [4.78, 5) is 0. The third-order valence-electron chi connectivity index (χ3n) is 3.93. The van der Waals surface area contributed by atoms with Gasteiger partial charge in [-0.05, 0) is 29.8 Å². The van der Waals surface area contributed by atoms with Crippen LogP contribution in [0.25, 0.3) is 0 Å². The van der Waals surface area contributed by atoms with Gasteiger partial charge in [0.05, 0.1) is 5.02 Å². The first-order chi connectivity index (χ1) is 11.8. The third kappa shape index (κ3) is 3.23. The highest BCUT2D eigenvalue weighted by molar-refractivity contribution is 6.32. The first-order valence-corrected chi connectivity index (χ1v) is 8.34. The molecule has 0 saturated heterocycles. The molecule has 0 fully saturated rings. The van der Waals surface area contributed by atoms with Gasteiger partial charge in [-0.15, -0.1) is 0 Å². The van der Waals surface area contributed by atoms with E-state index in [0.717, 1.165) is 17.1 Å². The van der Waals surface area contributed by atoms with Crippen molar-refractivity contribution in [3.8, 4) is 23.0 Å². The van der Waals surface area contributed by atoms with Gasteiger partial charge in [0.2, 0.25) is 0 Å². The Labute approximate surface area is 145 Å². The predicted molar refractivity (Wildman–Crippen MR) is 90.5 cm³/mol. The summed E-state index contributed by atoms with van der Waals surface area (Å²) in [5, 5.41) is 3.96. The molecule has 1 N–H and O–H groups in total. The van der Waals surface area contributed by atoms with Gasteiger partial charge in [-0.25, -0.2) is 0 Å². The van der Waals surface area contributed by atoms with Crippen molar-refractivity contribution >= 4 is 11.6 Å². The number of hydrogen-bond acceptors (Lipinski definition) is 5. The van der Waals surface area contributed by atoms with Crippen LogP contribution in [0.3, 0.4) is 0 Å². The molecule has 2 heterocycles. The molecule has 0 amide bonds. The highest BCUT2D eigenvalue weighted by Crippen LogP contribution is 2.38. The van der Waals surface area contributed by atoms with Gasteiger partial charge in [0, 0.05) is 13.1 Å². The van der Waals surface area contributed by atoms with Crippen molar-refractivity contribution in [2.24, 2.45) is 0 Å². The van der Waals surface area contributed by atoms with Crippen molar-refractivity contribution in [2.75, 3.05) is 26.4 Å². The second kappa shape index (κ2) is 6.79. The number of nitrogens with one attached hydrogen (secondary N) is 1. The van der Waals surface area contributed by atoms with Crippen molar-refractivity contribution < 1.29 is 18.9 Å². The van der Waals surface area contributed by atoms with E-state index in [9.17, 15) is 0 Å². The largest absolute Gasteiger partial charge is 0.486 e. The molecule has 0 spiro atoms. The van der Waals surface area contributed by atoms with Gasteiger partial charge in [-0.3, -0.25) is 0 Å². The minimum absolute atomic E-state index is 0.0208. The molecule has 0 radical (unpaired) electrons. The summed E-state index contributed by atoms with van der Waals surface area (Å²) < 4.78 is 22.8.